The van der Waals surface area contributed by atoms with Crippen LogP contribution in [0.2, 0.25) is 0 Å². The lowest BCUT2D eigenvalue weighted by molar-refractivity contribution is -0.141. The molecule has 4 heteroatoms. The topological polar surface area (TPSA) is 53.3 Å². The van der Waals surface area contributed by atoms with E-state index in [4.69, 9.17) is 10.00 Å². The van der Waals surface area contributed by atoms with Gasteiger partial charge < -0.3 is 9.64 Å². The molecule has 4 nitrogen and oxygen atoms in total. The zero-order valence-corrected chi connectivity index (χ0v) is 9.72. The molecule has 0 aliphatic carbocycles. The summed E-state index contributed by atoms with van der Waals surface area (Å²) in [4.78, 5) is 13.6. The number of nitrogens with zero attached hydrogens (tertiary/aromatic N) is 2. The van der Waals surface area contributed by atoms with E-state index in [2.05, 4.69) is 6.07 Å². The Morgan fingerprint density at radius 2 is 2.41 bits per heavy atom. The predicted octanol–water partition coefficient (Wildman–Crippen LogP) is 1.70. The third-order valence-electron chi connectivity index (χ3n) is 3.03. The standard InChI is InChI=1S/C13H14N2O2/c1-17-13(16)12-6-3-7-15(12)11-5-2-4-10(8-11)9-14/h2,4-5,8,12H,3,6-7H2,1H3/t12-/m0/s1. The smallest absolute Gasteiger partial charge is 0.328 e. The highest BCUT2D eigenvalue weighted by atomic mass is 16.5. The minimum Gasteiger partial charge on any atom is -0.467 e. The fourth-order valence-corrected chi connectivity index (χ4v) is 2.21. The van der Waals surface area contributed by atoms with Crippen molar-refractivity contribution in [3.63, 3.8) is 0 Å². The number of hydrogen-bond acceptors (Lipinski definition) is 4. The van der Waals surface area contributed by atoms with Crippen LogP contribution >= 0.6 is 0 Å². The number of carbonyl (C=O) groups is 1. The number of carbonyl (C=O) groups excluding carboxylic acids is 1. The summed E-state index contributed by atoms with van der Waals surface area (Å²) in [6.45, 7) is 0.828. The summed E-state index contributed by atoms with van der Waals surface area (Å²) in [6, 6.07) is 9.21. The number of nitriles is 1. The highest BCUT2D eigenvalue weighted by Gasteiger charge is 2.31. The first-order valence-corrected chi connectivity index (χ1v) is 5.61. The molecule has 0 N–H and O–H groups in total. The van der Waals surface area contributed by atoms with E-state index in [1.807, 2.05) is 17.0 Å². The highest BCUT2D eigenvalue weighted by Crippen LogP contribution is 2.26. The maximum Gasteiger partial charge on any atom is 0.328 e. The highest BCUT2D eigenvalue weighted by molar-refractivity contribution is 5.80. The van der Waals surface area contributed by atoms with E-state index < -0.39 is 0 Å². The molecule has 0 spiro atoms. The van der Waals surface area contributed by atoms with Gasteiger partial charge in [0.05, 0.1) is 18.7 Å². The van der Waals surface area contributed by atoms with Crippen LogP contribution in [0.25, 0.3) is 0 Å². The molecule has 1 aromatic carbocycles. The van der Waals surface area contributed by atoms with Gasteiger partial charge >= 0.3 is 5.97 Å². The minimum absolute atomic E-state index is 0.204. The van der Waals surface area contributed by atoms with E-state index in [0.29, 0.717) is 5.56 Å². The van der Waals surface area contributed by atoms with Gasteiger partial charge in [0.2, 0.25) is 0 Å². The van der Waals surface area contributed by atoms with Gasteiger partial charge in [-0.15, -0.1) is 0 Å². The molecule has 0 amide bonds. The first-order chi connectivity index (χ1) is 8.26. The Hall–Kier alpha value is -2.02. The Balaban J connectivity index is 2.26. The number of methoxy groups -OCH3 is 1. The van der Waals surface area contributed by atoms with Crippen molar-refractivity contribution in [1.82, 2.24) is 0 Å². The largest absolute Gasteiger partial charge is 0.467 e. The van der Waals surface area contributed by atoms with Gasteiger partial charge in [-0.3, -0.25) is 0 Å². The van der Waals surface area contributed by atoms with E-state index in [1.54, 1.807) is 12.1 Å². The normalized spacial score (nSPS) is 18.8. The zero-order valence-electron chi connectivity index (χ0n) is 9.72. The predicted molar refractivity (Wildman–Crippen MR) is 63.5 cm³/mol. The molecule has 1 aliphatic rings. The van der Waals surface area contributed by atoms with E-state index in [1.165, 1.54) is 7.11 Å². The van der Waals surface area contributed by atoms with Gasteiger partial charge in [-0.25, -0.2) is 4.79 Å². The Kier molecular flexibility index (Phi) is 3.29. The molecule has 17 heavy (non-hydrogen) atoms. The van der Waals surface area contributed by atoms with Crippen LogP contribution < -0.4 is 4.90 Å². The Morgan fingerprint density at radius 1 is 1.59 bits per heavy atom. The molecule has 1 atom stereocenters. The summed E-state index contributed by atoms with van der Waals surface area (Å²) in [5, 5.41) is 8.87. The second-order valence-corrected chi connectivity index (χ2v) is 4.04. The average molecular weight is 230 g/mol. The van der Waals surface area contributed by atoms with E-state index in [0.717, 1.165) is 25.1 Å². The van der Waals surface area contributed by atoms with Gasteiger partial charge in [0, 0.05) is 12.2 Å². The molecule has 1 aliphatic heterocycles. The van der Waals surface area contributed by atoms with Gasteiger partial charge in [-0.05, 0) is 31.0 Å². The first-order valence-electron chi connectivity index (χ1n) is 5.61. The van der Waals surface area contributed by atoms with Gasteiger partial charge in [-0.1, -0.05) is 6.07 Å². The van der Waals surface area contributed by atoms with Crippen molar-refractivity contribution in [2.45, 2.75) is 18.9 Å². The Morgan fingerprint density at radius 3 is 3.12 bits per heavy atom. The number of anilines is 1. The molecule has 0 bridgehead atoms. The van der Waals surface area contributed by atoms with Crippen LogP contribution in [-0.4, -0.2) is 25.7 Å². The number of benzene rings is 1. The van der Waals surface area contributed by atoms with Crippen molar-refractivity contribution in [2.24, 2.45) is 0 Å². The van der Waals surface area contributed by atoms with Crippen LogP contribution in [-0.2, 0) is 9.53 Å². The van der Waals surface area contributed by atoms with Crippen molar-refractivity contribution in [2.75, 3.05) is 18.6 Å². The lowest BCUT2D eigenvalue weighted by atomic mass is 10.1. The molecule has 88 valence electrons. The fraction of sp³-hybridized carbons (Fsp3) is 0.385. The first kappa shape index (κ1) is 11.5. The SMILES string of the molecule is COC(=O)[C@@H]1CCCN1c1cccc(C#N)c1. The summed E-state index contributed by atoms with van der Waals surface area (Å²) in [6.07, 6.45) is 1.78. The van der Waals surface area contributed by atoms with E-state index >= 15 is 0 Å². The van der Waals surface area contributed by atoms with Gasteiger partial charge in [0.25, 0.3) is 0 Å². The molecule has 1 heterocycles. The maximum atomic E-state index is 11.6. The molecule has 1 saturated heterocycles. The second kappa shape index (κ2) is 4.88. The molecule has 1 aromatic rings. The van der Waals surface area contributed by atoms with E-state index in [9.17, 15) is 4.79 Å². The van der Waals surface area contributed by atoms with Crippen molar-refractivity contribution < 1.29 is 9.53 Å². The Bertz CT molecular complexity index is 465. The van der Waals surface area contributed by atoms with Gasteiger partial charge in [0.1, 0.15) is 6.04 Å². The fourth-order valence-electron chi connectivity index (χ4n) is 2.21. The third kappa shape index (κ3) is 2.23. The zero-order chi connectivity index (χ0) is 12.3. The lowest BCUT2D eigenvalue weighted by Crippen LogP contribution is -2.36. The van der Waals surface area contributed by atoms with Crippen LogP contribution in [0.15, 0.2) is 24.3 Å². The maximum absolute atomic E-state index is 11.6. The number of rotatable bonds is 2. The number of ether oxygens (including phenoxy) is 1. The lowest BCUT2D eigenvalue weighted by Gasteiger charge is -2.24. The summed E-state index contributed by atoms with van der Waals surface area (Å²) < 4.78 is 4.80. The van der Waals surface area contributed by atoms with E-state index in [-0.39, 0.29) is 12.0 Å². The minimum atomic E-state index is -0.214. The van der Waals surface area contributed by atoms with Crippen LogP contribution in [0.5, 0.6) is 0 Å². The van der Waals surface area contributed by atoms with Crippen LogP contribution in [0.4, 0.5) is 5.69 Å². The molecule has 0 aromatic heterocycles. The molecule has 2 rings (SSSR count). The average Bonchev–Trinajstić information content (AvgIpc) is 2.87. The summed E-state index contributed by atoms with van der Waals surface area (Å²) >= 11 is 0. The molecule has 0 saturated carbocycles. The molecule has 0 radical (unpaired) electrons. The Labute approximate surface area is 100 Å². The monoisotopic (exact) mass is 230 g/mol. The van der Waals surface area contributed by atoms with Crippen molar-refractivity contribution in [3.05, 3.63) is 29.8 Å². The summed E-state index contributed by atoms with van der Waals surface area (Å²) in [7, 11) is 1.41. The summed E-state index contributed by atoms with van der Waals surface area (Å²) in [5.74, 6) is -0.204. The summed E-state index contributed by atoms with van der Waals surface area (Å²) in [5.41, 5.74) is 1.52. The van der Waals surface area contributed by atoms with Crippen LogP contribution in [0, 0.1) is 11.3 Å². The quantitative estimate of drug-likeness (QED) is 0.726. The number of esters is 1. The van der Waals surface area contributed by atoms with Crippen molar-refractivity contribution in [3.8, 4) is 6.07 Å². The van der Waals surface area contributed by atoms with Crippen molar-refractivity contribution >= 4 is 11.7 Å². The van der Waals surface area contributed by atoms with Crippen LogP contribution in [0.1, 0.15) is 18.4 Å². The van der Waals surface area contributed by atoms with Gasteiger partial charge in [-0.2, -0.15) is 5.26 Å². The number of hydrogen-bond donors (Lipinski definition) is 0. The molecule has 0 unspecified atom stereocenters. The second-order valence-electron chi connectivity index (χ2n) is 4.04. The molecular weight excluding hydrogens is 216 g/mol. The molecule has 1 fully saturated rings. The van der Waals surface area contributed by atoms with Gasteiger partial charge in [0.15, 0.2) is 0 Å². The molecular formula is C13H14N2O2. The van der Waals surface area contributed by atoms with Crippen molar-refractivity contribution in [1.29, 1.82) is 5.26 Å². The third-order valence-corrected chi connectivity index (χ3v) is 3.03. The van der Waals surface area contributed by atoms with Crippen LogP contribution in [0.3, 0.4) is 0 Å².